The summed E-state index contributed by atoms with van der Waals surface area (Å²) in [4.78, 5) is 43.4. The highest BCUT2D eigenvalue weighted by Gasteiger charge is 2.50. The second-order valence-electron chi connectivity index (χ2n) is 17.0. The maximum Gasteiger partial charge on any atom is 0.202 e. The molecule has 0 aromatic heterocycles. The van der Waals surface area contributed by atoms with Crippen molar-refractivity contribution in [3.05, 3.63) is 51.6 Å². The molecule has 11 nitrogen and oxygen atoms in total. The number of carbonyl (C=O) groups excluding carboxylic acids is 3. The molecule has 4 N–H and O–H groups in total. The average Bonchev–Trinajstić information content (AvgIpc) is 3.20. The lowest BCUT2D eigenvalue weighted by atomic mass is 9.72. The van der Waals surface area contributed by atoms with Crippen LogP contribution in [0.15, 0.2) is 18.2 Å². The SMILES string of the molecule is CCCCCCCCCCN(CCCCCCCCCC)C1CC(OC2CC(O)(C(C)=O)Cc3c(O)c4c(c(O)c32)C(=O)c2c(OC)cccc2C4=O)OC(C)C1O.Cl. The van der Waals surface area contributed by atoms with E-state index in [-0.39, 0.29) is 64.9 Å². The van der Waals surface area contributed by atoms with Gasteiger partial charge in [0.15, 0.2) is 17.9 Å². The van der Waals surface area contributed by atoms with E-state index in [0.717, 1.165) is 38.8 Å². The lowest BCUT2D eigenvalue weighted by Crippen LogP contribution is -2.56. The fraction of sp³-hybridized carbons (Fsp3) is 0.681. The van der Waals surface area contributed by atoms with Gasteiger partial charge in [0, 0.05) is 42.0 Å². The van der Waals surface area contributed by atoms with Gasteiger partial charge in [-0.25, -0.2) is 0 Å². The highest BCUT2D eigenvalue weighted by Crippen LogP contribution is 2.52. The second-order valence-corrected chi connectivity index (χ2v) is 17.0. The first-order valence-electron chi connectivity index (χ1n) is 22.2. The van der Waals surface area contributed by atoms with E-state index in [1.807, 2.05) is 0 Å². The molecule has 0 spiro atoms. The third-order valence-corrected chi connectivity index (χ3v) is 12.8. The second kappa shape index (κ2) is 22.7. The molecule has 59 heavy (non-hydrogen) atoms. The van der Waals surface area contributed by atoms with E-state index >= 15 is 0 Å². The van der Waals surface area contributed by atoms with E-state index in [1.54, 1.807) is 19.1 Å². The third-order valence-electron chi connectivity index (χ3n) is 12.8. The molecule has 6 atom stereocenters. The van der Waals surface area contributed by atoms with Crippen LogP contribution in [-0.2, 0) is 20.7 Å². The Morgan fingerprint density at radius 1 is 0.831 bits per heavy atom. The molecule has 1 aliphatic heterocycles. The van der Waals surface area contributed by atoms with Crippen LogP contribution in [0.4, 0.5) is 0 Å². The summed E-state index contributed by atoms with van der Waals surface area (Å²) >= 11 is 0. The van der Waals surface area contributed by atoms with Gasteiger partial charge in [-0.1, -0.05) is 116 Å². The smallest absolute Gasteiger partial charge is 0.202 e. The summed E-state index contributed by atoms with van der Waals surface area (Å²) in [6, 6.07) is 4.26. The quantitative estimate of drug-likeness (QED) is 0.0532. The maximum atomic E-state index is 14.1. The Bertz CT molecular complexity index is 1710. The number of aliphatic hydroxyl groups excluding tert-OH is 1. The Balaban J connectivity index is 0.00000769. The number of hydrogen-bond acceptors (Lipinski definition) is 11. The van der Waals surface area contributed by atoms with Crippen LogP contribution < -0.4 is 4.74 Å². The van der Waals surface area contributed by atoms with Gasteiger partial charge in [-0.3, -0.25) is 19.3 Å². The van der Waals surface area contributed by atoms with Gasteiger partial charge in [-0.15, -0.1) is 12.4 Å². The van der Waals surface area contributed by atoms with Crippen molar-refractivity contribution in [3.63, 3.8) is 0 Å². The highest BCUT2D eigenvalue weighted by molar-refractivity contribution is 6.31. The fourth-order valence-electron chi connectivity index (χ4n) is 9.30. The first-order chi connectivity index (χ1) is 27.9. The first kappa shape index (κ1) is 48.6. The Morgan fingerprint density at radius 2 is 1.37 bits per heavy atom. The summed E-state index contributed by atoms with van der Waals surface area (Å²) in [6.45, 7) is 9.15. The van der Waals surface area contributed by atoms with Crippen LogP contribution in [0.25, 0.3) is 0 Å². The van der Waals surface area contributed by atoms with Crippen molar-refractivity contribution in [2.75, 3.05) is 20.2 Å². The standard InChI is InChI=1S/C47H69NO10.ClH/c1-6-8-10-12-14-16-18-20-25-48(26-21-19-17-15-13-11-9-7-2)34-27-37(57-30(3)42(34)50)58-36-29-47(55,31(4)49)28-33-39(36)46(54)41-40(44(33)52)43(51)32-23-22-24-35(56-5)38(32)45(41)53;/h22-24,30,34,36-37,42,50,52,54-55H,6-21,25-29H2,1-5H3;1H. The number of ether oxygens (including phenoxy) is 3. The number of benzene rings is 2. The minimum atomic E-state index is -2.00. The number of unbranched alkanes of at least 4 members (excludes halogenated alkanes) is 14. The molecule has 2 aromatic carbocycles. The number of rotatable bonds is 23. The Morgan fingerprint density at radius 3 is 1.92 bits per heavy atom. The van der Waals surface area contributed by atoms with E-state index < -0.39 is 71.0 Å². The predicted octanol–water partition coefficient (Wildman–Crippen LogP) is 9.08. The summed E-state index contributed by atoms with van der Waals surface area (Å²) in [7, 11) is 1.38. The Kier molecular flexibility index (Phi) is 18.7. The van der Waals surface area contributed by atoms with Crippen LogP contribution in [0.1, 0.15) is 192 Å². The van der Waals surface area contributed by atoms with Crippen molar-refractivity contribution >= 4 is 29.8 Å². The molecule has 2 aliphatic carbocycles. The number of methoxy groups -OCH3 is 1. The van der Waals surface area contributed by atoms with E-state index in [1.165, 1.54) is 97.1 Å². The van der Waals surface area contributed by atoms with Gasteiger partial charge in [-0.2, -0.15) is 0 Å². The monoisotopic (exact) mass is 843 g/mol. The molecule has 0 bridgehead atoms. The number of ketones is 3. The van der Waals surface area contributed by atoms with E-state index in [2.05, 4.69) is 18.7 Å². The number of nitrogens with zero attached hydrogens (tertiary/aromatic N) is 1. The molecule has 330 valence electrons. The Hall–Kier alpha value is -3.06. The molecule has 1 saturated heterocycles. The molecule has 2 aromatic rings. The van der Waals surface area contributed by atoms with Gasteiger partial charge in [0.2, 0.25) is 5.78 Å². The summed E-state index contributed by atoms with van der Waals surface area (Å²) in [5.41, 5.74) is -2.81. The number of halogens is 1. The number of hydrogen-bond donors (Lipinski definition) is 4. The zero-order chi connectivity index (χ0) is 42.0. The molecular weight excluding hydrogens is 774 g/mol. The lowest BCUT2D eigenvalue weighted by Gasteiger charge is -2.45. The molecule has 6 unspecified atom stereocenters. The van der Waals surface area contributed by atoms with Gasteiger partial charge < -0.3 is 34.6 Å². The predicted molar refractivity (Wildman–Crippen MR) is 230 cm³/mol. The van der Waals surface area contributed by atoms with Crippen molar-refractivity contribution in [1.29, 1.82) is 0 Å². The summed E-state index contributed by atoms with van der Waals surface area (Å²) in [6.07, 6.45) is 15.2. The molecule has 0 radical (unpaired) electrons. The largest absolute Gasteiger partial charge is 0.507 e. The minimum absolute atomic E-state index is 0. The summed E-state index contributed by atoms with van der Waals surface area (Å²) in [5, 5.41) is 47.1. The molecule has 0 amide bonds. The third kappa shape index (κ3) is 11.3. The van der Waals surface area contributed by atoms with Gasteiger partial charge in [0.1, 0.15) is 22.8 Å². The summed E-state index contributed by atoms with van der Waals surface area (Å²) in [5.74, 6) is -2.96. The van der Waals surface area contributed by atoms with Gasteiger partial charge in [0.05, 0.1) is 42.1 Å². The van der Waals surface area contributed by atoms with Crippen molar-refractivity contribution in [1.82, 2.24) is 4.90 Å². The molecule has 3 aliphatic rings. The maximum absolute atomic E-state index is 14.1. The number of phenolic OH excluding ortho intramolecular Hbond substituents is 2. The van der Waals surface area contributed by atoms with Gasteiger partial charge in [-0.05, 0) is 45.8 Å². The van der Waals surface area contributed by atoms with E-state index in [4.69, 9.17) is 14.2 Å². The average molecular weight is 845 g/mol. The van der Waals surface area contributed by atoms with Gasteiger partial charge in [0.25, 0.3) is 0 Å². The number of Topliss-reactive ketones (excluding diaryl/α,β-unsaturated/α-hetero) is 1. The number of fused-ring (bicyclic) bond motifs is 3. The van der Waals surface area contributed by atoms with Crippen molar-refractivity contribution in [2.24, 2.45) is 0 Å². The van der Waals surface area contributed by atoms with Gasteiger partial charge >= 0.3 is 0 Å². The number of phenols is 2. The number of carbonyl (C=O) groups is 3. The normalized spacial score (nSPS) is 23.7. The van der Waals surface area contributed by atoms with Crippen LogP contribution in [-0.4, -0.2) is 93.0 Å². The number of aliphatic hydroxyl groups is 2. The van der Waals surface area contributed by atoms with E-state index in [0.29, 0.717) is 0 Å². The minimum Gasteiger partial charge on any atom is -0.507 e. The molecular formula is C47H70ClNO10. The van der Waals surface area contributed by atoms with Crippen molar-refractivity contribution < 1.29 is 49.0 Å². The molecule has 0 saturated carbocycles. The van der Waals surface area contributed by atoms with Crippen molar-refractivity contribution in [2.45, 2.75) is 186 Å². The van der Waals surface area contributed by atoms with Crippen molar-refractivity contribution in [3.8, 4) is 17.2 Å². The zero-order valence-electron chi connectivity index (χ0n) is 36.1. The Labute approximate surface area is 357 Å². The van der Waals surface area contributed by atoms with Crippen LogP contribution in [0.5, 0.6) is 17.2 Å². The zero-order valence-corrected chi connectivity index (χ0v) is 36.9. The van der Waals surface area contributed by atoms with Crippen LogP contribution in [0, 0.1) is 0 Å². The lowest BCUT2D eigenvalue weighted by molar-refractivity contribution is -0.258. The topological polar surface area (TPSA) is 163 Å². The molecule has 12 heteroatoms. The fourth-order valence-corrected chi connectivity index (χ4v) is 9.30. The highest BCUT2D eigenvalue weighted by atomic mass is 35.5. The molecule has 1 fully saturated rings. The van der Waals surface area contributed by atoms with E-state index in [9.17, 15) is 34.8 Å². The summed E-state index contributed by atoms with van der Waals surface area (Å²) < 4.78 is 18.3. The van der Waals surface area contributed by atoms with Crippen LogP contribution >= 0.6 is 12.4 Å². The van der Waals surface area contributed by atoms with Crippen LogP contribution in [0.3, 0.4) is 0 Å². The first-order valence-corrected chi connectivity index (χ1v) is 22.2. The number of aromatic hydroxyl groups is 2. The van der Waals surface area contributed by atoms with Crippen LogP contribution in [0.2, 0.25) is 0 Å². The molecule has 5 rings (SSSR count). The molecule has 1 heterocycles.